The minimum atomic E-state index is -4.56. The zero-order valence-electron chi connectivity index (χ0n) is 12.2. The van der Waals surface area contributed by atoms with Crippen LogP contribution in [-0.4, -0.2) is 57.0 Å². The van der Waals surface area contributed by atoms with Crippen molar-refractivity contribution in [1.29, 1.82) is 0 Å². The molecule has 0 atom stereocenters. The van der Waals surface area contributed by atoms with Gasteiger partial charge in [0.15, 0.2) is 0 Å². The second kappa shape index (κ2) is 6.07. The molecule has 11 heteroatoms. The van der Waals surface area contributed by atoms with Crippen LogP contribution in [0.25, 0.3) is 5.69 Å². The van der Waals surface area contributed by atoms with E-state index >= 15 is 0 Å². The number of hydrogen-bond acceptors (Lipinski definition) is 5. The Kier molecular flexibility index (Phi) is 4.09. The van der Waals surface area contributed by atoms with Gasteiger partial charge in [0.25, 0.3) is 0 Å². The lowest BCUT2D eigenvalue weighted by Gasteiger charge is -2.25. The van der Waals surface area contributed by atoms with Gasteiger partial charge in [0.1, 0.15) is 0 Å². The highest BCUT2D eigenvalue weighted by Gasteiger charge is 2.31. The Morgan fingerprint density at radius 1 is 1.17 bits per heavy atom. The maximum Gasteiger partial charge on any atom is 0.416 e. The van der Waals surface area contributed by atoms with Crippen LogP contribution in [0.4, 0.5) is 18.0 Å². The normalized spacial score (nSPS) is 15.5. The van der Waals surface area contributed by atoms with Gasteiger partial charge in [0.05, 0.1) is 24.5 Å². The second-order valence-electron chi connectivity index (χ2n) is 5.02. The quantitative estimate of drug-likeness (QED) is 0.714. The molecule has 24 heavy (non-hydrogen) atoms. The number of amides is 1. The number of aromatic nitrogens is 4. The molecule has 3 rings (SSSR count). The first-order valence-corrected chi connectivity index (χ1v) is 6.97. The summed E-state index contributed by atoms with van der Waals surface area (Å²) < 4.78 is 44.5. The molecule has 1 aliphatic rings. The van der Waals surface area contributed by atoms with Crippen molar-refractivity contribution in [3.05, 3.63) is 40.3 Å². The molecule has 2 aromatic rings. The molecule has 1 aromatic carbocycles. The summed E-state index contributed by atoms with van der Waals surface area (Å²) in [6.07, 6.45) is -4.56. The number of halogens is 3. The summed E-state index contributed by atoms with van der Waals surface area (Å²) in [6.45, 7) is 1.26. The highest BCUT2D eigenvalue weighted by atomic mass is 19.4. The Bertz CT molecular complexity index is 808. The Labute approximate surface area is 133 Å². The van der Waals surface area contributed by atoms with E-state index in [1.807, 2.05) is 0 Å². The first kappa shape index (κ1) is 16.2. The van der Waals surface area contributed by atoms with Crippen LogP contribution in [0.5, 0.6) is 0 Å². The number of benzene rings is 1. The van der Waals surface area contributed by atoms with E-state index in [1.54, 1.807) is 0 Å². The fourth-order valence-electron chi connectivity index (χ4n) is 2.23. The second-order valence-corrected chi connectivity index (χ2v) is 5.02. The topological polar surface area (TPSA) is 82.2 Å². The molecule has 1 aromatic heterocycles. The lowest BCUT2D eigenvalue weighted by molar-refractivity contribution is -0.137. The SMILES string of the molecule is O=C(N1CCOCC1)n1nnn(-c2cccc(C(F)(F)F)c2)c1=O. The third-order valence-electron chi connectivity index (χ3n) is 3.46. The molecule has 0 unspecified atom stereocenters. The smallest absolute Gasteiger partial charge is 0.378 e. The number of morpholine rings is 1. The molecule has 1 amide bonds. The van der Waals surface area contributed by atoms with Crippen molar-refractivity contribution in [2.75, 3.05) is 26.3 Å². The van der Waals surface area contributed by atoms with Crippen LogP contribution in [0.15, 0.2) is 29.1 Å². The van der Waals surface area contributed by atoms with Crippen LogP contribution < -0.4 is 5.69 Å². The van der Waals surface area contributed by atoms with Crippen molar-refractivity contribution in [2.24, 2.45) is 0 Å². The summed E-state index contributed by atoms with van der Waals surface area (Å²) in [6, 6.07) is 3.36. The largest absolute Gasteiger partial charge is 0.416 e. The number of rotatable bonds is 1. The van der Waals surface area contributed by atoms with Crippen molar-refractivity contribution in [3.63, 3.8) is 0 Å². The van der Waals surface area contributed by atoms with E-state index in [1.165, 1.54) is 11.0 Å². The maximum atomic E-state index is 12.8. The molecule has 2 heterocycles. The van der Waals surface area contributed by atoms with Gasteiger partial charge in [-0.2, -0.15) is 17.9 Å². The molecule has 0 saturated carbocycles. The highest BCUT2D eigenvalue weighted by Crippen LogP contribution is 2.29. The molecule has 8 nitrogen and oxygen atoms in total. The molecule has 128 valence electrons. The summed E-state index contributed by atoms with van der Waals surface area (Å²) in [4.78, 5) is 25.8. The first-order valence-electron chi connectivity index (χ1n) is 6.97. The predicted molar refractivity (Wildman–Crippen MR) is 73.8 cm³/mol. The molecule has 0 bridgehead atoms. The van der Waals surface area contributed by atoms with Gasteiger partial charge >= 0.3 is 17.9 Å². The van der Waals surface area contributed by atoms with E-state index in [4.69, 9.17) is 4.74 Å². The molecule has 1 saturated heterocycles. The lowest BCUT2D eigenvalue weighted by atomic mass is 10.2. The number of hydrogen-bond donors (Lipinski definition) is 0. The Morgan fingerprint density at radius 2 is 1.88 bits per heavy atom. The van der Waals surface area contributed by atoms with Crippen LogP contribution in [0, 0.1) is 0 Å². The van der Waals surface area contributed by atoms with Crippen LogP contribution in [0.1, 0.15) is 5.56 Å². The van der Waals surface area contributed by atoms with Crippen molar-refractivity contribution < 1.29 is 22.7 Å². The Morgan fingerprint density at radius 3 is 2.54 bits per heavy atom. The average Bonchev–Trinajstić information content (AvgIpc) is 2.96. The van der Waals surface area contributed by atoms with Crippen LogP contribution in [-0.2, 0) is 10.9 Å². The minimum Gasteiger partial charge on any atom is -0.378 e. The van der Waals surface area contributed by atoms with E-state index in [0.29, 0.717) is 35.7 Å². The van der Waals surface area contributed by atoms with Crippen molar-refractivity contribution >= 4 is 6.03 Å². The third kappa shape index (κ3) is 3.02. The van der Waals surface area contributed by atoms with Gasteiger partial charge in [-0.1, -0.05) is 6.07 Å². The predicted octanol–water partition coefficient (Wildman–Crippen LogP) is 0.748. The van der Waals surface area contributed by atoms with Gasteiger partial charge in [0, 0.05) is 13.1 Å². The summed E-state index contributed by atoms with van der Waals surface area (Å²) in [5.74, 6) is 0. The Hall–Kier alpha value is -2.69. The average molecular weight is 343 g/mol. The van der Waals surface area contributed by atoms with Gasteiger partial charge in [0.2, 0.25) is 0 Å². The number of nitrogens with zero attached hydrogens (tertiary/aromatic N) is 5. The van der Waals surface area contributed by atoms with Gasteiger partial charge in [-0.05, 0) is 28.6 Å². The molecule has 1 aliphatic heterocycles. The molecule has 0 spiro atoms. The van der Waals surface area contributed by atoms with Gasteiger partial charge in [-0.15, -0.1) is 4.68 Å². The van der Waals surface area contributed by atoms with Crippen LogP contribution in [0.2, 0.25) is 0 Å². The summed E-state index contributed by atoms with van der Waals surface area (Å²) in [7, 11) is 0. The molecule has 1 fully saturated rings. The summed E-state index contributed by atoms with van der Waals surface area (Å²) in [5, 5.41) is 6.96. The molecule has 0 radical (unpaired) electrons. The van der Waals surface area contributed by atoms with Gasteiger partial charge < -0.3 is 9.64 Å². The van der Waals surface area contributed by atoms with E-state index in [9.17, 15) is 22.8 Å². The van der Waals surface area contributed by atoms with Crippen molar-refractivity contribution in [3.8, 4) is 5.69 Å². The van der Waals surface area contributed by atoms with Crippen LogP contribution in [0.3, 0.4) is 0 Å². The third-order valence-corrected chi connectivity index (χ3v) is 3.46. The molecule has 0 N–H and O–H groups in total. The highest BCUT2D eigenvalue weighted by molar-refractivity contribution is 5.75. The summed E-state index contributed by atoms with van der Waals surface area (Å²) >= 11 is 0. The molecule has 0 aliphatic carbocycles. The zero-order chi connectivity index (χ0) is 17.3. The van der Waals surface area contributed by atoms with E-state index in [-0.39, 0.29) is 5.69 Å². The van der Waals surface area contributed by atoms with E-state index < -0.39 is 23.5 Å². The standard InChI is InChI=1S/C13H12F3N5O3/c14-13(15,16)9-2-1-3-10(8-9)20-12(23)21(18-17-20)11(22)19-4-6-24-7-5-19/h1-3,8H,4-7H2. The molecular formula is C13H12F3N5O3. The van der Waals surface area contributed by atoms with Crippen LogP contribution >= 0.6 is 0 Å². The first-order chi connectivity index (χ1) is 11.4. The maximum absolute atomic E-state index is 12.8. The molecular weight excluding hydrogens is 331 g/mol. The van der Waals surface area contributed by atoms with E-state index in [2.05, 4.69) is 10.4 Å². The fraction of sp³-hybridized carbons (Fsp3) is 0.385. The van der Waals surface area contributed by atoms with Gasteiger partial charge in [-0.25, -0.2) is 9.59 Å². The number of tetrazole rings is 1. The minimum absolute atomic E-state index is 0.129. The number of ether oxygens (including phenoxy) is 1. The number of carbonyl (C=O) groups excluding carboxylic acids is 1. The van der Waals surface area contributed by atoms with Crippen molar-refractivity contribution in [1.82, 2.24) is 24.7 Å². The fourth-order valence-corrected chi connectivity index (χ4v) is 2.23. The van der Waals surface area contributed by atoms with Gasteiger partial charge in [-0.3, -0.25) is 0 Å². The van der Waals surface area contributed by atoms with E-state index in [0.717, 1.165) is 18.2 Å². The monoisotopic (exact) mass is 343 g/mol. The lowest BCUT2D eigenvalue weighted by Crippen LogP contribution is -2.46. The summed E-state index contributed by atoms with van der Waals surface area (Å²) in [5.41, 5.74) is -2.00. The number of carbonyl (C=O) groups is 1. The van der Waals surface area contributed by atoms with Crippen molar-refractivity contribution in [2.45, 2.75) is 6.18 Å². The Balaban J connectivity index is 1.93. The zero-order valence-corrected chi connectivity index (χ0v) is 12.2. The number of alkyl halides is 3.